The summed E-state index contributed by atoms with van der Waals surface area (Å²) in [4.78, 5) is 21.5. The zero-order chi connectivity index (χ0) is 21.9. The molecule has 2 N–H and O–H groups in total. The van der Waals surface area contributed by atoms with Gasteiger partial charge in [-0.15, -0.1) is 0 Å². The molecule has 8 heteroatoms. The fraction of sp³-hybridized carbons (Fsp3) is 0.333. The van der Waals surface area contributed by atoms with Gasteiger partial charge in [0, 0.05) is 36.1 Å². The normalized spacial score (nSPS) is 13.8. The van der Waals surface area contributed by atoms with Crippen molar-refractivity contribution in [2.75, 3.05) is 0 Å². The van der Waals surface area contributed by atoms with Crippen LogP contribution in [0.2, 0.25) is 0 Å². The van der Waals surface area contributed by atoms with Crippen molar-refractivity contribution in [3.8, 4) is 0 Å². The van der Waals surface area contributed by atoms with Gasteiger partial charge in [-0.05, 0) is 46.5 Å². The van der Waals surface area contributed by atoms with Gasteiger partial charge in [-0.3, -0.25) is 0 Å². The third-order valence-electron chi connectivity index (χ3n) is 4.66. The summed E-state index contributed by atoms with van der Waals surface area (Å²) in [5.41, 5.74) is 3.23. The predicted octanol–water partition coefficient (Wildman–Crippen LogP) is 5.27. The van der Waals surface area contributed by atoms with Crippen LogP contribution in [0.25, 0.3) is 0 Å². The van der Waals surface area contributed by atoms with Gasteiger partial charge in [0.05, 0.1) is 0 Å². The van der Waals surface area contributed by atoms with Crippen molar-refractivity contribution >= 4 is 76.3 Å². The quantitative estimate of drug-likeness (QED) is 0.381. The molecule has 2 aromatic rings. The topological polar surface area (TPSA) is 74.6 Å². The van der Waals surface area contributed by atoms with E-state index in [1.165, 1.54) is 0 Å². The highest BCUT2D eigenvalue weighted by molar-refractivity contribution is 9.11. The highest BCUT2D eigenvalue weighted by atomic mass is 79.9. The van der Waals surface area contributed by atoms with Crippen molar-refractivity contribution in [1.29, 1.82) is 0 Å². The first kappa shape index (κ1) is 24.9. The molecule has 0 radical (unpaired) electrons. The lowest BCUT2D eigenvalue weighted by molar-refractivity contribution is -0.115. The van der Waals surface area contributed by atoms with Crippen LogP contribution in [0, 0.1) is 0 Å². The summed E-state index contributed by atoms with van der Waals surface area (Å²) >= 11 is 14.6. The second kappa shape index (κ2) is 10.3. The molecular formula is C21H20Br4O4. The maximum absolute atomic E-state index is 10.8. The summed E-state index contributed by atoms with van der Waals surface area (Å²) in [6, 6.07) is 7.63. The van der Waals surface area contributed by atoms with Gasteiger partial charge < -0.3 is 19.8 Å². The molecule has 0 bridgehead atoms. The Morgan fingerprint density at radius 1 is 0.759 bits per heavy atom. The molecule has 2 atom stereocenters. The van der Waals surface area contributed by atoms with Gasteiger partial charge in [-0.25, -0.2) is 0 Å². The van der Waals surface area contributed by atoms with Crippen LogP contribution in [0.5, 0.6) is 0 Å². The summed E-state index contributed by atoms with van der Waals surface area (Å²) in [5, 5.41) is 19.3. The lowest BCUT2D eigenvalue weighted by Gasteiger charge is -2.31. The minimum atomic E-state index is -1.04. The summed E-state index contributed by atoms with van der Waals surface area (Å²) in [7, 11) is 0. The van der Waals surface area contributed by atoms with Crippen LogP contribution in [-0.4, -0.2) is 35.0 Å². The number of aliphatic hydroxyl groups excluding tert-OH is 2. The molecule has 0 heterocycles. The molecule has 0 saturated heterocycles. The SMILES string of the molecule is CC(C)(c1c(Br)cc(CC(O)C=O)cc1Br)c1c(Br)cc(CC(O)C=O)cc1Br. The highest BCUT2D eigenvalue weighted by Crippen LogP contribution is 2.46. The average molecular weight is 656 g/mol. The van der Waals surface area contributed by atoms with Crippen LogP contribution in [0.3, 0.4) is 0 Å². The fourth-order valence-electron chi connectivity index (χ4n) is 3.39. The first-order valence-corrected chi connectivity index (χ1v) is 11.9. The number of rotatable bonds is 8. The molecular weight excluding hydrogens is 636 g/mol. The van der Waals surface area contributed by atoms with E-state index in [-0.39, 0.29) is 12.8 Å². The minimum Gasteiger partial charge on any atom is -0.385 e. The number of carbonyl (C=O) groups excluding carboxylic acids is 2. The molecule has 0 aliphatic rings. The molecule has 0 aliphatic heterocycles. The van der Waals surface area contributed by atoms with Crippen molar-refractivity contribution < 1.29 is 19.8 Å². The van der Waals surface area contributed by atoms with Gasteiger partial charge in [-0.2, -0.15) is 0 Å². The Labute approximate surface area is 203 Å². The van der Waals surface area contributed by atoms with Crippen molar-refractivity contribution in [3.05, 3.63) is 64.4 Å². The third-order valence-corrected chi connectivity index (χ3v) is 7.16. The molecule has 2 rings (SSSR count). The smallest absolute Gasteiger partial charge is 0.148 e. The van der Waals surface area contributed by atoms with Crippen molar-refractivity contribution in [2.45, 2.75) is 44.3 Å². The van der Waals surface area contributed by atoms with Gasteiger partial charge >= 0.3 is 0 Å². The number of hydrogen-bond acceptors (Lipinski definition) is 4. The zero-order valence-corrected chi connectivity index (χ0v) is 22.1. The number of benzene rings is 2. The van der Waals surface area contributed by atoms with E-state index < -0.39 is 17.6 Å². The van der Waals surface area contributed by atoms with E-state index in [4.69, 9.17) is 0 Å². The first-order valence-electron chi connectivity index (χ1n) is 8.74. The van der Waals surface area contributed by atoms with Gasteiger partial charge in [0.15, 0.2) is 0 Å². The standard InChI is InChI=1S/C21H20Br4O4/c1-21(2,19-15(22)5-11(6-16(19)23)3-13(28)9-26)20-17(24)7-12(8-18(20)25)4-14(29)10-27/h5-10,13-14,28-29H,3-4H2,1-2H3. The van der Waals surface area contributed by atoms with Crippen LogP contribution in [0.4, 0.5) is 0 Å². The van der Waals surface area contributed by atoms with E-state index in [2.05, 4.69) is 77.6 Å². The fourth-order valence-corrected chi connectivity index (χ4v) is 7.93. The Morgan fingerprint density at radius 2 is 1.03 bits per heavy atom. The monoisotopic (exact) mass is 652 g/mol. The highest BCUT2D eigenvalue weighted by Gasteiger charge is 2.32. The molecule has 0 aliphatic carbocycles. The van der Waals surface area contributed by atoms with Crippen LogP contribution >= 0.6 is 63.7 Å². The first-order chi connectivity index (χ1) is 13.5. The van der Waals surface area contributed by atoms with Crippen molar-refractivity contribution in [1.82, 2.24) is 0 Å². The van der Waals surface area contributed by atoms with E-state index >= 15 is 0 Å². The Balaban J connectivity index is 2.52. The van der Waals surface area contributed by atoms with Crippen LogP contribution in [0.1, 0.15) is 36.1 Å². The summed E-state index contributed by atoms with van der Waals surface area (Å²) in [5.74, 6) is 0. The number of halogens is 4. The number of aliphatic hydroxyl groups is 2. The molecule has 0 saturated carbocycles. The van der Waals surface area contributed by atoms with Crippen molar-refractivity contribution in [2.24, 2.45) is 0 Å². The average Bonchev–Trinajstić information content (AvgIpc) is 2.59. The van der Waals surface area contributed by atoms with E-state index in [0.717, 1.165) is 40.1 Å². The van der Waals surface area contributed by atoms with Crippen LogP contribution < -0.4 is 0 Å². The van der Waals surface area contributed by atoms with Crippen LogP contribution in [0.15, 0.2) is 42.2 Å². The Hall–Kier alpha value is -0.380. The minimum absolute atomic E-state index is 0.239. The summed E-state index contributed by atoms with van der Waals surface area (Å²) in [6.45, 7) is 4.17. The lowest BCUT2D eigenvalue weighted by Crippen LogP contribution is -2.23. The molecule has 2 aromatic carbocycles. The Morgan fingerprint density at radius 3 is 1.28 bits per heavy atom. The van der Waals surface area contributed by atoms with Gasteiger partial charge in [0.2, 0.25) is 0 Å². The summed E-state index contributed by atoms with van der Waals surface area (Å²) in [6.07, 6.45) is -0.547. The van der Waals surface area contributed by atoms with Crippen molar-refractivity contribution in [3.63, 3.8) is 0 Å². The second-order valence-electron chi connectivity index (χ2n) is 7.31. The number of hydrogen-bond donors (Lipinski definition) is 2. The Bertz CT molecular complexity index is 807. The Kier molecular flexibility index (Phi) is 8.83. The second-order valence-corrected chi connectivity index (χ2v) is 10.7. The van der Waals surface area contributed by atoms with Gasteiger partial charge in [0.1, 0.15) is 24.8 Å². The maximum atomic E-state index is 10.8. The number of aldehydes is 2. The predicted molar refractivity (Wildman–Crippen MR) is 127 cm³/mol. The van der Waals surface area contributed by atoms with E-state index in [9.17, 15) is 19.8 Å². The maximum Gasteiger partial charge on any atom is 0.148 e. The lowest BCUT2D eigenvalue weighted by atomic mass is 9.77. The zero-order valence-electron chi connectivity index (χ0n) is 15.8. The van der Waals surface area contributed by atoms with E-state index in [0.29, 0.717) is 12.6 Å². The molecule has 0 aromatic heterocycles. The summed E-state index contributed by atoms with van der Waals surface area (Å²) < 4.78 is 3.40. The largest absolute Gasteiger partial charge is 0.385 e. The van der Waals surface area contributed by atoms with Gasteiger partial charge in [-0.1, -0.05) is 77.6 Å². The van der Waals surface area contributed by atoms with E-state index in [1.54, 1.807) is 0 Å². The van der Waals surface area contributed by atoms with E-state index in [1.807, 2.05) is 24.3 Å². The molecule has 2 unspecified atom stereocenters. The molecule has 0 fully saturated rings. The number of carbonyl (C=O) groups is 2. The molecule has 29 heavy (non-hydrogen) atoms. The molecule has 0 amide bonds. The van der Waals surface area contributed by atoms with Crippen LogP contribution in [-0.2, 0) is 27.8 Å². The molecule has 4 nitrogen and oxygen atoms in total. The van der Waals surface area contributed by atoms with Gasteiger partial charge in [0.25, 0.3) is 0 Å². The molecule has 156 valence electrons. The molecule has 0 spiro atoms. The third kappa shape index (κ3) is 5.86.